The summed E-state index contributed by atoms with van der Waals surface area (Å²) in [6.07, 6.45) is -4.41. The van der Waals surface area contributed by atoms with E-state index in [-0.39, 0.29) is 11.7 Å². The number of alkyl halides is 3. The van der Waals surface area contributed by atoms with E-state index in [1.165, 1.54) is 26.4 Å². The van der Waals surface area contributed by atoms with Crippen molar-refractivity contribution < 1.29 is 27.4 Å². The molecule has 5 nitrogen and oxygen atoms in total. The van der Waals surface area contributed by atoms with E-state index < -0.39 is 17.8 Å². The van der Waals surface area contributed by atoms with Gasteiger partial charge < -0.3 is 20.1 Å². The van der Waals surface area contributed by atoms with Crippen LogP contribution in [0.2, 0.25) is 0 Å². The minimum absolute atomic E-state index is 0.259. The number of nitrogens with one attached hydrogen (secondary N) is 2. The van der Waals surface area contributed by atoms with Gasteiger partial charge >= 0.3 is 12.2 Å². The molecular formula is C18H19F3N2O3. The molecule has 8 heteroatoms. The molecule has 140 valence electrons. The average Bonchev–Trinajstić information content (AvgIpc) is 2.60. The SMILES string of the molecule is COc1ccc(C(C)NC(=O)Nc2ccc(C(F)(F)F)cc2)cc1OC. The lowest BCUT2D eigenvalue weighted by Crippen LogP contribution is -2.31. The van der Waals surface area contributed by atoms with Gasteiger partial charge in [0.15, 0.2) is 11.5 Å². The molecule has 0 aliphatic heterocycles. The smallest absolute Gasteiger partial charge is 0.416 e. The van der Waals surface area contributed by atoms with Crippen LogP contribution in [0.3, 0.4) is 0 Å². The Morgan fingerprint density at radius 2 is 1.62 bits per heavy atom. The van der Waals surface area contributed by atoms with Crippen molar-refractivity contribution in [1.82, 2.24) is 5.32 Å². The zero-order chi connectivity index (χ0) is 19.3. The summed E-state index contributed by atoms with van der Waals surface area (Å²) in [5.74, 6) is 1.10. The number of carbonyl (C=O) groups excluding carboxylic acids is 1. The average molecular weight is 368 g/mol. The van der Waals surface area contributed by atoms with Gasteiger partial charge in [-0.25, -0.2) is 4.79 Å². The van der Waals surface area contributed by atoms with Gasteiger partial charge in [-0.15, -0.1) is 0 Å². The second kappa shape index (κ2) is 7.99. The summed E-state index contributed by atoms with van der Waals surface area (Å²) in [6, 6.07) is 8.57. The van der Waals surface area contributed by atoms with E-state index in [0.717, 1.165) is 17.7 Å². The molecule has 2 N–H and O–H groups in total. The normalized spacial score (nSPS) is 12.2. The summed E-state index contributed by atoms with van der Waals surface area (Å²) in [5, 5.41) is 5.21. The molecule has 2 rings (SSSR count). The fourth-order valence-electron chi connectivity index (χ4n) is 2.31. The maximum atomic E-state index is 12.5. The number of ether oxygens (including phenoxy) is 2. The first kappa shape index (κ1) is 19.4. The van der Waals surface area contributed by atoms with Crippen molar-refractivity contribution in [3.05, 3.63) is 53.6 Å². The topological polar surface area (TPSA) is 59.6 Å². The zero-order valence-corrected chi connectivity index (χ0v) is 14.5. The van der Waals surface area contributed by atoms with Gasteiger partial charge in [0.25, 0.3) is 0 Å². The second-order valence-corrected chi connectivity index (χ2v) is 5.51. The van der Waals surface area contributed by atoms with Crippen molar-refractivity contribution in [2.24, 2.45) is 0 Å². The van der Waals surface area contributed by atoms with E-state index in [1.807, 2.05) is 0 Å². The van der Waals surface area contributed by atoms with Gasteiger partial charge in [-0.3, -0.25) is 0 Å². The molecule has 1 atom stereocenters. The van der Waals surface area contributed by atoms with Crippen LogP contribution >= 0.6 is 0 Å². The lowest BCUT2D eigenvalue weighted by atomic mass is 10.1. The Bertz CT molecular complexity index is 761. The number of halogens is 3. The Kier molecular flexibility index (Phi) is 5.97. The predicted octanol–water partition coefficient (Wildman–Crippen LogP) is 4.61. The van der Waals surface area contributed by atoms with Crippen molar-refractivity contribution in [2.75, 3.05) is 19.5 Å². The van der Waals surface area contributed by atoms with Crippen molar-refractivity contribution >= 4 is 11.7 Å². The number of carbonyl (C=O) groups is 1. The summed E-state index contributed by atoms with van der Waals surface area (Å²) in [5.41, 5.74) is 0.266. The van der Waals surface area contributed by atoms with E-state index in [1.54, 1.807) is 25.1 Å². The molecule has 0 saturated heterocycles. The highest BCUT2D eigenvalue weighted by atomic mass is 19.4. The monoisotopic (exact) mass is 368 g/mol. The Hall–Kier alpha value is -2.90. The van der Waals surface area contributed by atoms with Gasteiger partial charge in [-0.05, 0) is 48.9 Å². The van der Waals surface area contributed by atoms with Crippen LogP contribution in [0.5, 0.6) is 11.5 Å². The van der Waals surface area contributed by atoms with Crippen LogP contribution in [0, 0.1) is 0 Å². The number of hydrogen-bond acceptors (Lipinski definition) is 3. The summed E-state index contributed by atoms with van der Waals surface area (Å²) in [4.78, 5) is 12.1. The minimum atomic E-state index is -4.41. The molecule has 0 aliphatic carbocycles. The number of benzene rings is 2. The molecule has 2 aromatic carbocycles. The summed E-state index contributed by atoms with van der Waals surface area (Å²) >= 11 is 0. The molecule has 0 aliphatic rings. The minimum Gasteiger partial charge on any atom is -0.493 e. The largest absolute Gasteiger partial charge is 0.493 e. The molecule has 1 unspecified atom stereocenters. The quantitative estimate of drug-likeness (QED) is 0.811. The molecule has 0 heterocycles. The first-order valence-corrected chi connectivity index (χ1v) is 7.71. The van der Waals surface area contributed by atoms with Crippen LogP contribution < -0.4 is 20.1 Å². The number of amides is 2. The Balaban J connectivity index is 2.01. The van der Waals surface area contributed by atoms with Crippen molar-refractivity contribution in [3.63, 3.8) is 0 Å². The van der Waals surface area contributed by atoms with Crippen LogP contribution in [0.25, 0.3) is 0 Å². The van der Waals surface area contributed by atoms with Gasteiger partial charge in [0, 0.05) is 5.69 Å². The highest BCUT2D eigenvalue weighted by Gasteiger charge is 2.30. The zero-order valence-electron chi connectivity index (χ0n) is 14.5. The molecule has 0 spiro atoms. The van der Waals surface area contributed by atoms with E-state index in [9.17, 15) is 18.0 Å². The van der Waals surface area contributed by atoms with Crippen LogP contribution in [0.15, 0.2) is 42.5 Å². The van der Waals surface area contributed by atoms with E-state index in [4.69, 9.17) is 9.47 Å². The van der Waals surface area contributed by atoms with Crippen molar-refractivity contribution in [3.8, 4) is 11.5 Å². The third-order valence-corrected chi connectivity index (χ3v) is 3.73. The van der Waals surface area contributed by atoms with Gasteiger partial charge in [-0.1, -0.05) is 6.07 Å². The van der Waals surface area contributed by atoms with Gasteiger partial charge in [0.2, 0.25) is 0 Å². The molecule has 0 saturated carbocycles. The number of urea groups is 1. The summed E-state index contributed by atoms with van der Waals surface area (Å²) in [7, 11) is 3.04. The Labute approximate surface area is 149 Å². The highest BCUT2D eigenvalue weighted by molar-refractivity contribution is 5.89. The molecule has 0 radical (unpaired) electrons. The van der Waals surface area contributed by atoms with E-state index >= 15 is 0 Å². The number of rotatable bonds is 5. The highest BCUT2D eigenvalue weighted by Crippen LogP contribution is 2.31. The fraction of sp³-hybridized carbons (Fsp3) is 0.278. The second-order valence-electron chi connectivity index (χ2n) is 5.51. The molecule has 2 amide bonds. The standard InChI is InChI=1S/C18H19F3N2O3/c1-11(12-4-9-15(25-2)16(10-12)26-3)22-17(24)23-14-7-5-13(6-8-14)18(19,20)21/h4-11H,1-3H3,(H2,22,23,24). The Morgan fingerprint density at radius 3 is 2.15 bits per heavy atom. The molecule has 0 fully saturated rings. The van der Waals surface area contributed by atoms with Gasteiger partial charge in [0.1, 0.15) is 0 Å². The molecule has 0 aromatic heterocycles. The van der Waals surface area contributed by atoms with Crippen molar-refractivity contribution in [1.29, 1.82) is 0 Å². The third-order valence-electron chi connectivity index (χ3n) is 3.73. The van der Waals surface area contributed by atoms with E-state index in [2.05, 4.69) is 10.6 Å². The van der Waals surface area contributed by atoms with Crippen LogP contribution in [-0.4, -0.2) is 20.3 Å². The number of methoxy groups -OCH3 is 2. The van der Waals surface area contributed by atoms with E-state index in [0.29, 0.717) is 11.5 Å². The van der Waals surface area contributed by atoms with Crippen LogP contribution in [0.4, 0.5) is 23.7 Å². The van der Waals surface area contributed by atoms with Crippen LogP contribution in [0.1, 0.15) is 24.1 Å². The summed E-state index contributed by atoms with van der Waals surface area (Å²) < 4.78 is 48.0. The predicted molar refractivity (Wildman–Crippen MR) is 91.6 cm³/mol. The molecule has 2 aromatic rings. The summed E-state index contributed by atoms with van der Waals surface area (Å²) in [6.45, 7) is 1.77. The Morgan fingerprint density at radius 1 is 1.00 bits per heavy atom. The first-order valence-electron chi connectivity index (χ1n) is 7.71. The molecular weight excluding hydrogens is 349 g/mol. The lowest BCUT2D eigenvalue weighted by Gasteiger charge is -2.17. The maximum absolute atomic E-state index is 12.5. The number of hydrogen-bond donors (Lipinski definition) is 2. The fourth-order valence-corrected chi connectivity index (χ4v) is 2.31. The number of anilines is 1. The van der Waals surface area contributed by atoms with Gasteiger partial charge in [0.05, 0.1) is 25.8 Å². The molecule has 26 heavy (non-hydrogen) atoms. The maximum Gasteiger partial charge on any atom is 0.416 e. The first-order chi connectivity index (χ1) is 12.2. The van der Waals surface area contributed by atoms with Crippen LogP contribution in [-0.2, 0) is 6.18 Å². The molecule has 0 bridgehead atoms. The van der Waals surface area contributed by atoms with Gasteiger partial charge in [-0.2, -0.15) is 13.2 Å². The third kappa shape index (κ3) is 4.81. The van der Waals surface area contributed by atoms with Crippen molar-refractivity contribution in [2.45, 2.75) is 19.1 Å². The lowest BCUT2D eigenvalue weighted by molar-refractivity contribution is -0.137.